The topological polar surface area (TPSA) is 86.6 Å². The zero-order valence-electron chi connectivity index (χ0n) is 26.3. The van der Waals surface area contributed by atoms with E-state index in [0.29, 0.717) is 70.1 Å². The summed E-state index contributed by atoms with van der Waals surface area (Å²) in [5.74, 6) is 3.19. The standard InChI is InChI=1S/C37H38F2N6O2/c1-2-21-7-5-8-22-12-27(46)13-28(31(21)22)33-32(39)34-29(16-40-33)35(44-18-25-10-11-26(19-44)41-25)43-36(42-34)47-20-37-14-23-6-3-4-9-30(23)45(37)17-24(38)15-37/h1,5,7-8,12-13,16,23-26,30,41,46H,3-4,6,9-11,14-15,17-20H2/t23-,24+,25?,26?,30-,37-/m1/s1. The number of hydrogen-bond acceptors (Lipinski definition) is 8. The summed E-state index contributed by atoms with van der Waals surface area (Å²) in [4.78, 5) is 18.8. The van der Waals surface area contributed by atoms with E-state index in [4.69, 9.17) is 21.1 Å². The van der Waals surface area contributed by atoms with Crippen molar-refractivity contribution in [1.82, 2.24) is 25.2 Å². The molecule has 0 amide bonds. The highest BCUT2D eigenvalue weighted by Crippen LogP contribution is 2.51. The smallest absolute Gasteiger partial charge is 0.319 e. The number of phenols is 1. The molecular weight excluding hydrogens is 598 g/mol. The lowest BCUT2D eigenvalue weighted by Crippen LogP contribution is -2.51. The minimum Gasteiger partial charge on any atom is -0.508 e. The van der Waals surface area contributed by atoms with Gasteiger partial charge < -0.3 is 20.1 Å². The lowest BCUT2D eigenvalue weighted by atomic mass is 9.81. The lowest BCUT2D eigenvalue weighted by molar-refractivity contribution is 0.0775. The Morgan fingerprint density at radius 3 is 2.72 bits per heavy atom. The first-order chi connectivity index (χ1) is 22.9. The molecule has 9 rings (SSSR count). The van der Waals surface area contributed by atoms with Crippen LogP contribution in [0.3, 0.4) is 0 Å². The highest BCUT2D eigenvalue weighted by molar-refractivity contribution is 6.02. The largest absolute Gasteiger partial charge is 0.508 e. The number of nitrogens with one attached hydrogen (secondary N) is 1. The predicted octanol–water partition coefficient (Wildman–Crippen LogP) is 5.74. The fourth-order valence-corrected chi connectivity index (χ4v) is 9.62. The van der Waals surface area contributed by atoms with E-state index >= 15 is 4.39 Å². The number of fused-ring (bicyclic) bond motifs is 7. The van der Waals surface area contributed by atoms with Gasteiger partial charge in [-0.05, 0) is 61.6 Å². The fraction of sp³-hybridized carbons (Fsp3) is 0.486. The van der Waals surface area contributed by atoms with E-state index in [9.17, 15) is 9.50 Å². The van der Waals surface area contributed by atoms with E-state index in [2.05, 4.69) is 26.0 Å². The lowest BCUT2D eigenvalue weighted by Gasteiger charge is -2.36. The molecule has 0 radical (unpaired) electrons. The van der Waals surface area contributed by atoms with Gasteiger partial charge in [-0.2, -0.15) is 9.97 Å². The van der Waals surface area contributed by atoms with Gasteiger partial charge in [0.25, 0.3) is 0 Å². The zero-order valence-corrected chi connectivity index (χ0v) is 26.3. The van der Waals surface area contributed by atoms with E-state index in [1.807, 2.05) is 12.1 Å². The molecule has 2 bridgehead atoms. The number of hydrogen-bond donors (Lipinski definition) is 2. The summed E-state index contributed by atoms with van der Waals surface area (Å²) >= 11 is 0. The molecule has 6 heterocycles. The van der Waals surface area contributed by atoms with Gasteiger partial charge in [-0.3, -0.25) is 9.88 Å². The van der Waals surface area contributed by atoms with Crippen molar-refractivity contribution in [2.24, 2.45) is 5.92 Å². The maximum absolute atomic E-state index is 16.9. The molecule has 4 aliphatic heterocycles. The molecule has 6 atom stereocenters. The normalized spacial score (nSPS) is 30.1. The second-order valence-electron chi connectivity index (χ2n) is 14.4. The van der Waals surface area contributed by atoms with Crippen LogP contribution in [-0.4, -0.2) is 81.0 Å². The molecule has 2 N–H and O–H groups in total. The van der Waals surface area contributed by atoms with Crippen molar-refractivity contribution >= 4 is 27.5 Å². The molecule has 4 aromatic rings. The third kappa shape index (κ3) is 4.73. The average molecular weight is 637 g/mol. The number of phenolic OH excluding ortho intramolecular Hbond substituents is 1. The van der Waals surface area contributed by atoms with Crippen LogP contribution < -0.4 is 15.0 Å². The highest BCUT2D eigenvalue weighted by Gasteiger charge is 2.57. The highest BCUT2D eigenvalue weighted by atomic mass is 19.1. The second-order valence-corrected chi connectivity index (χ2v) is 14.4. The number of ether oxygens (including phenoxy) is 1. The first-order valence-electron chi connectivity index (χ1n) is 17.0. The molecule has 0 spiro atoms. The van der Waals surface area contributed by atoms with Crippen LogP contribution in [0, 0.1) is 24.1 Å². The average Bonchev–Trinajstić information content (AvgIpc) is 3.69. The Kier molecular flexibility index (Phi) is 6.81. The van der Waals surface area contributed by atoms with E-state index in [1.54, 1.807) is 18.3 Å². The Balaban J connectivity index is 1.16. The molecule has 8 nitrogen and oxygen atoms in total. The van der Waals surface area contributed by atoms with Crippen LogP contribution in [0.4, 0.5) is 14.6 Å². The Bertz CT molecular complexity index is 1940. The Hall–Kier alpha value is -4.07. The molecule has 47 heavy (non-hydrogen) atoms. The molecule has 1 saturated carbocycles. The van der Waals surface area contributed by atoms with E-state index in [0.717, 1.165) is 38.8 Å². The number of rotatable bonds is 5. The molecule has 10 heteroatoms. The number of terminal acetylenes is 1. The molecule has 2 aromatic heterocycles. The first-order valence-corrected chi connectivity index (χ1v) is 17.0. The number of aromatic nitrogens is 3. The quantitative estimate of drug-likeness (QED) is 0.269. The number of benzene rings is 2. The Labute approximate surface area is 272 Å². The van der Waals surface area contributed by atoms with E-state index in [-0.39, 0.29) is 29.6 Å². The predicted molar refractivity (Wildman–Crippen MR) is 177 cm³/mol. The third-order valence-corrected chi connectivity index (χ3v) is 11.5. The summed E-state index contributed by atoms with van der Waals surface area (Å²) < 4.78 is 38.4. The molecule has 4 saturated heterocycles. The van der Waals surface area contributed by atoms with Gasteiger partial charge in [0.1, 0.15) is 35.6 Å². The van der Waals surface area contributed by atoms with E-state index in [1.165, 1.54) is 25.3 Å². The maximum Gasteiger partial charge on any atom is 0.319 e. The fourth-order valence-electron chi connectivity index (χ4n) is 9.62. The van der Waals surface area contributed by atoms with Crippen molar-refractivity contribution in [3.63, 3.8) is 0 Å². The number of halogens is 2. The number of anilines is 1. The number of pyridine rings is 1. The van der Waals surface area contributed by atoms with Crippen molar-refractivity contribution in [2.75, 3.05) is 31.1 Å². The molecule has 2 unspecified atom stereocenters. The second kappa shape index (κ2) is 11.0. The van der Waals surface area contributed by atoms with Gasteiger partial charge >= 0.3 is 6.01 Å². The number of piperazine rings is 1. The van der Waals surface area contributed by atoms with E-state index < -0.39 is 17.5 Å². The SMILES string of the molecule is C#Cc1cccc2cc(O)cc(-c3ncc4c(N5CC6CCC(C5)N6)nc(OC[C@@]56C[C@H](F)CN5[C@@H]5CCCC[C@@H]5C6)nc4c3F)c12. The van der Waals surface area contributed by atoms with Crippen molar-refractivity contribution in [2.45, 2.75) is 81.2 Å². The molecule has 5 fully saturated rings. The molecular formula is C37H38F2N6O2. The third-order valence-electron chi connectivity index (χ3n) is 11.5. The van der Waals surface area contributed by atoms with Gasteiger partial charge in [0.05, 0.1) is 10.9 Å². The Morgan fingerprint density at radius 1 is 1.06 bits per heavy atom. The molecule has 242 valence electrons. The van der Waals surface area contributed by atoms with Gasteiger partial charge in [-0.15, -0.1) is 6.42 Å². The zero-order chi connectivity index (χ0) is 31.9. The van der Waals surface area contributed by atoms with Crippen LogP contribution in [0.15, 0.2) is 36.5 Å². The van der Waals surface area contributed by atoms with Crippen molar-refractivity contribution < 1.29 is 18.6 Å². The first kappa shape index (κ1) is 29.1. The van der Waals surface area contributed by atoms with Crippen molar-refractivity contribution in [3.05, 3.63) is 47.9 Å². The van der Waals surface area contributed by atoms with Crippen LogP contribution in [0.25, 0.3) is 32.9 Å². The van der Waals surface area contributed by atoms with Crippen LogP contribution in [-0.2, 0) is 0 Å². The minimum atomic E-state index is -0.887. The minimum absolute atomic E-state index is 0.0182. The van der Waals surface area contributed by atoms with Gasteiger partial charge in [0, 0.05) is 66.9 Å². The summed E-state index contributed by atoms with van der Waals surface area (Å²) in [5, 5.41) is 16.1. The van der Waals surface area contributed by atoms with Crippen molar-refractivity contribution in [3.8, 4) is 35.4 Å². The van der Waals surface area contributed by atoms with Crippen LogP contribution >= 0.6 is 0 Å². The van der Waals surface area contributed by atoms with Crippen molar-refractivity contribution in [1.29, 1.82) is 0 Å². The number of alkyl halides is 1. The monoisotopic (exact) mass is 636 g/mol. The molecule has 1 aliphatic carbocycles. The number of aromatic hydroxyl groups is 1. The number of nitrogens with zero attached hydrogens (tertiary/aromatic N) is 5. The van der Waals surface area contributed by atoms with Gasteiger partial charge in [0.15, 0.2) is 5.82 Å². The summed E-state index contributed by atoms with van der Waals surface area (Å²) in [6.07, 6.45) is 14.8. The summed E-state index contributed by atoms with van der Waals surface area (Å²) in [6, 6.07) is 9.68. The maximum atomic E-state index is 16.9. The van der Waals surface area contributed by atoms with Gasteiger partial charge in [-0.25, -0.2) is 8.78 Å². The summed E-state index contributed by atoms with van der Waals surface area (Å²) in [5.41, 5.74) is 0.697. The molecule has 5 aliphatic rings. The molecule has 2 aromatic carbocycles. The van der Waals surface area contributed by atoms with Crippen LogP contribution in [0.1, 0.15) is 56.9 Å². The summed E-state index contributed by atoms with van der Waals surface area (Å²) in [6.45, 7) is 2.18. The summed E-state index contributed by atoms with van der Waals surface area (Å²) in [7, 11) is 0. The van der Waals surface area contributed by atoms with Gasteiger partial charge in [0.2, 0.25) is 0 Å². The van der Waals surface area contributed by atoms with Crippen LogP contribution in [0.2, 0.25) is 0 Å². The van der Waals surface area contributed by atoms with Crippen LogP contribution in [0.5, 0.6) is 11.8 Å². The van der Waals surface area contributed by atoms with Gasteiger partial charge in [-0.1, -0.05) is 30.9 Å². The Morgan fingerprint density at radius 2 is 1.89 bits per heavy atom.